The van der Waals surface area contributed by atoms with Gasteiger partial charge in [-0.05, 0) is 34.9 Å². The van der Waals surface area contributed by atoms with Gasteiger partial charge in [-0.3, -0.25) is 0 Å². The Morgan fingerprint density at radius 1 is 1.44 bits per heavy atom. The molecule has 0 aliphatic carbocycles. The predicted octanol–water partition coefficient (Wildman–Crippen LogP) is 1.94. The van der Waals surface area contributed by atoms with Crippen LogP contribution >= 0.6 is 22.6 Å². The molecule has 4 nitrogen and oxygen atoms in total. The topological polar surface area (TPSA) is 38.2 Å². The van der Waals surface area contributed by atoms with Gasteiger partial charge in [-0.2, -0.15) is 0 Å². The Bertz CT molecular complexity index is 344. The van der Waals surface area contributed by atoms with Crippen LogP contribution in [0.3, 0.4) is 0 Å². The van der Waals surface area contributed by atoms with Gasteiger partial charge in [0.25, 0.3) is 0 Å². The molecule has 1 fully saturated rings. The van der Waals surface area contributed by atoms with E-state index in [-0.39, 0.29) is 6.10 Å². The number of ether oxygens (including phenoxy) is 1. The van der Waals surface area contributed by atoms with Crippen molar-refractivity contribution in [2.24, 2.45) is 5.92 Å². The van der Waals surface area contributed by atoms with E-state index in [1.807, 2.05) is 12.4 Å². The van der Waals surface area contributed by atoms with Gasteiger partial charge in [-0.1, -0.05) is 6.92 Å². The molecule has 1 aromatic rings. The minimum Gasteiger partial charge on any atom is -0.379 e. The van der Waals surface area contributed by atoms with Crippen molar-refractivity contribution in [2.75, 3.05) is 25.1 Å². The van der Waals surface area contributed by atoms with Crippen LogP contribution in [0.2, 0.25) is 0 Å². The maximum absolute atomic E-state index is 5.48. The fourth-order valence-electron chi connectivity index (χ4n) is 1.99. The van der Waals surface area contributed by atoms with Gasteiger partial charge in [0.1, 0.15) is 0 Å². The molecule has 2 atom stereocenters. The summed E-state index contributed by atoms with van der Waals surface area (Å²) in [6.07, 6.45) is 5.12. The second kappa shape index (κ2) is 5.27. The SMILES string of the molecule is COC1CN(c2ncc(I)cn2)CCC1C. The summed E-state index contributed by atoms with van der Waals surface area (Å²) in [7, 11) is 1.78. The van der Waals surface area contributed by atoms with Gasteiger partial charge in [0.2, 0.25) is 5.95 Å². The number of hydrogen-bond donors (Lipinski definition) is 0. The Labute approximate surface area is 110 Å². The molecule has 1 aliphatic rings. The summed E-state index contributed by atoms with van der Waals surface area (Å²) in [5, 5.41) is 0. The van der Waals surface area contributed by atoms with Crippen LogP contribution in [-0.2, 0) is 4.74 Å². The summed E-state index contributed by atoms with van der Waals surface area (Å²) >= 11 is 2.21. The van der Waals surface area contributed by atoms with E-state index in [0.29, 0.717) is 5.92 Å². The van der Waals surface area contributed by atoms with Crippen LogP contribution in [0.5, 0.6) is 0 Å². The molecule has 2 unspecified atom stereocenters. The number of rotatable bonds is 2. The maximum Gasteiger partial charge on any atom is 0.225 e. The van der Waals surface area contributed by atoms with Crippen molar-refractivity contribution in [2.45, 2.75) is 19.4 Å². The second-order valence-corrected chi connectivity index (χ2v) is 5.43. The first-order valence-electron chi connectivity index (χ1n) is 5.46. The highest BCUT2D eigenvalue weighted by Crippen LogP contribution is 2.22. The standard InChI is InChI=1S/C11H16IN3O/c1-8-3-4-15(7-10(8)16-2)11-13-5-9(12)6-14-11/h5-6,8,10H,3-4,7H2,1-2H3. The molecule has 0 spiro atoms. The highest BCUT2D eigenvalue weighted by molar-refractivity contribution is 14.1. The molecule has 5 heteroatoms. The van der Waals surface area contributed by atoms with Crippen molar-refractivity contribution in [3.05, 3.63) is 16.0 Å². The molecule has 1 saturated heterocycles. The normalized spacial score (nSPS) is 25.8. The molecule has 0 saturated carbocycles. The van der Waals surface area contributed by atoms with Gasteiger partial charge < -0.3 is 9.64 Å². The molecule has 16 heavy (non-hydrogen) atoms. The lowest BCUT2D eigenvalue weighted by Crippen LogP contribution is -2.44. The van der Waals surface area contributed by atoms with Gasteiger partial charge in [0.05, 0.1) is 6.10 Å². The van der Waals surface area contributed by atoms with E-state index in [1.165, 1.54) is 0 Å². The lowest BCUT2D eigenvalue weighted by atomic mass is 9.96. The lowest BCUT2D eigenvalue weighted by molar-refractivity contribution is 0.0494. The molecule has 1 aromatic heterocycles. The summed E-state index contributed by atoms with van der Waals surface area (Å²) < 4.78 is 6.54. The summed E-state index contributed by atoms with van der Waals surface area (Å²) in [5.41, 5.74) is 0. The first kappa shape index (κ1) is 12.0. The summed E-state index contributed by atoms with van der Waals surface area (Å²) in [6, 6.07) is 0. The third kappa shape index (κ3) is 2.63. The molecule has 88 valence electrons. The van der Waals surface area contributed by atoms with Crippen molar-refractivity contribution in [3.8, 4) is 0 Å². The Balaban J connectivity index is 2.08. The molecule has 0 N–H and O–H groups in total. The van der Waals surface area contributed by atoms with Gasteiger partial charge >= 0.3 is 0 Å². The fraction of sp³-hybridized carbons (Fsp3) is 0.636. The third-order valence-electron chi connectivity index (χ3n) is 3.08. The first-order valence-corrected chi connectivity index (χ1v) is 6.54. The first-order chi connectivity index (χ1) is 7.70. The average molecular weight is 333 g/mol. The number of halogens is 1. The fourth-order valence-corrected chi connectivity index (χ4v) is 2.27. The smallest absolute Gasteiger partial charge is 0.225 e. The van der Waals surface area contributed by atoms with Crippen LogP contribution in [0.4, 0.5) is 5.95 Å². The van der Waals surface area contributed by atoms with Crippen molar-refractivity contribution in [3.63, 3.8) is 0 Å². The summed E-state index contributed by atoms with van der Waals surface area (Å²) in [6.45, 7) is 4.14. The van der Waals surface area contributed by atoms with Crippen molar-refractivity contribution in [1.82, 2.24) is 9.97 Å². The van der Waals surface area contributed by atoms with Gasteiger partial charge in [-0.25, -0.2) is 9.97 Å². The number of aromatic nitrogens is 2. The van der Waals surface area contributed by atoms with Crippen LogP contribution in [0.15, 0.2) is 12.4 Å². The van der Waals surface area contributed by atoms with Crippen LogP contribution in [0, 0.1) is 9.49 Å². The van der Waals surface area contributed by atoms with Crippen LogP contribution in [0.1, 0.15) is 13.3 Å². The minimum absolute atomic E-state index is 0.289. The van der Waals surface area contributed by atoms with Gasteiger partial charge in [0, 0.05) is 36.2 Å². The molecule has 0 radical (unpaired) electrons. The quantitative estimate of drug-likeness (QED) is 0.776. The predicted molar refractivity (Wildman–Crippen MR) is 71.5 cm³/mol. The Morgan fingerprint density at radius 3 is 2.75 bits per heavy atom. The summed E-state index contributed by atoms with van der Waals surface area (Å²) in [5.74, 6) is 1.43. The van der Waals surface area contributed by atoms with Gasteiger partial charge in [-0.15, -0.1) is 0 Å². The van der Waals surface area contributed by atoms with Crippen molar-refractivity contribution < 1.29 is 4.74 Å². The Kier molecular flexibility index (Phi) is 3.96. The average Bonchev–Trinajstić information content (AvgIpc) is 2.31. The van der Waals surface area contributed by atoms with E-state index in [2.05, 4.69) is 44.4 Å². The van der Waals surface area contributed by atoms with Crippen LogP contribution in [-0.4, -0.2) is 36.3 Å². The van der Waals surface area contributed by atoms with Gasteiger partial charge in [0.15, 0.2) is 0 Å². The Hall–Kier alpha value is -0.430. The molecule has 0 bridgehead atoms. The number of piperidine rings is 1. The highest BCUT2D eigenvalue weighted by Gasteiger charge is 2.27. The Morgan fingerprint density at radius 2 is 2.12 bits per heavy atom. The third-order valence-corrected chi connectivity index (χ3v) is 3.64. The number of anilines is 1. The molecule has 1 aliphatic heterocycles. The van der Waals surface area contributed by atoms with Crippen molar-refractivity contribution in [1.29, 1.82) is 0 Å². The van der Waals surface area contributed by atoms with E-state index < -0.39 is 0 Å². The second-order valence-electron chi connectivity index (χ2n) is 4.19. The molecule has 0 amide bonds. The monoisotopic (exact) mass is 333 g/mol. The lowest BCUT2D eigenvalue weighted by Gasteiger charge is -2.36. The van der Waals surface area contributed by atoms with E-state index >= 15 is 0 Å². The molecule has 2 rings (SSSR count). The zero-order valence-electron chi connectivity index (χ0n) is 9.56. The van der Waals surface area contributed by atoms with Crippen molar-refractivity contribution >= 4 is 28.5 Å². The number of nitrogens with zero attached hydrogens (tertiary/aromatic N) is 3. The minimum atomic E-state index is 0.289. The molecule has 2 heterocycles. The van der Waals surface area contributed by atoms with E-state index in [0.717, 1.165) is 29.0 Å². The molecule has 0 aromatic carbocycles. The van der Waals surface area contributed by atoms with Crippen LogP contribution < -0.4 is 4.90 Å². The zero-order valence-corrected chi connectivity index (χ0v) is 11.7. The van der Waals surface area contributed by atoms with E-state index in [4.69, 9.17) is 4.74 Å². The maximum atomic E-state index is 5.48. The number of hydrogen-bond acceptors (Lipinski definition) is 4. The zero-order chi connectivity index (χ0) is 11.5. The molecular weight excluding hydrogens is 317 g/mol. The van der Waals surface area contributed by atoms with Crippen LogP contribution in [0.25, 0.3) is 0 Å². The van der Waals surface area contributed by atoms with E-state index in [1.54, 1.807) is 7.11 Å². The largest absolute Gasteiger partial charge is 0.379 e. The summed E-state index contributed by atoms with van der Waals surface area (Å²) in [4.78, 5) is 10.9. The van der Waals surface area contributed by atoms with E-state index in [9.17, 15) is 0 Å². The highest BCUT2D eigenvalue weighted by atomic mass is 127. The molecular formula is C11H16IN3O. The number of methoxy groups -OCH3 is 1.